The molecule has 1 amide bonds. The Kier molecular flexibility index (Phi) is 26.6. The number of carbonyl (C=O) groups is 1. The number of hydrogen-bond acceptors (Lipinski definition) is 3. The summed E-state index contributed by atoms with van der Waals surface area (Å²) in [4.78, 5) is 11.8. The van der Waals surface area contributed by atoms with Gasteiger partial charge in [0.25, 0.3) is 0 Å². The molecule has 162 valence electrons. The van der Waals surface area contributed by atoms with Crippen LogP contribution >= 0.6 is 0 Å². The Hall–Kier alpha value is 0.312. The Labute approximate surface area is 189 Å². The molecule has 0 aromatic carbocycles. The SMILES string of the molecule is CCCCCCCCCCCCCCCCNC(=O)[C@@H](N)CCCCN.[PbH2]. The zero-order valence-electron chi connectivity index (χ0n) is 18.3. The third-order valence-corrected chi connectivity index (χ3v) is 5.14. The van der Waals surface area contributed by atoms with E-state index in [-0.39, 0.29) is 39.2 Å². The van der Waals surface area contributed by atoms with Gasteiger partial charge in [-0.2, -0.15) is 0 Å². The summed E-state index contributed by atoms with van der Waals surface area (Å²) in [7, 11) is 0. The number of amides is 1. The van der Waals surface area contributed by atoms with E-state index in [2.05, 4.69) is 12.2 Å². The van der Waals surface area contributed by atoms with Crippen molar-refractivity contribution in [2.75, 3.05) is 13.1 Å². The van der Waals surface area contributed by atoms with Crippen molar-refractivity contribution in [1.29, 1.82) is 0 Å². The summed E-state index contributed by atoms with van der Waals surface area (Å²) in [6.45, 7) is 3.71. The first-order chi connectivity index (χ1) is 12.7. The van der Waals surface area contributed by atoms with Crippen LogP contribution in [-0.4, -0.2) is 52.3 Å². The van der Waals surface area contributed by atoms with Crippen LogP contribution in [0.5, 0.6) is 0 Å². The molecular formula is C22H49N3OPb. The van der Waals surface area contributed by atoms with Gasteiger partial charge in [0.1, 0.15) is 0 Å². The minimum atomic E-state index is -0.367. The van der Waals surface area contributed by atoms with Crippen LogP contribution in [0.3, 0.4) is 0 Å². The van der Waals surface area contributed by atoms with Gasteiger partial charge in [0.2, 0.25) is 5.91 Å². The van der Waals surface area contributed by atoms with Gasteiger partial charge in [0, 0.05) is 6.54 Å². The third kappa shape index (κ3) is 22.5. The Bertz CT molecular complexity index is 303. The van der Waals surface area contributed by atoms with E-state index in [1.54, 1.807) is 0 Å². The fourth-order valence-corrected chi connectivity index (χ4v) is 3.30. The van der Waals surface area contributed by atoms with Crippen molar-refractivity contribution in [3.8, 4) is 0 Å². The fraction of sp³-hybridized carbons (Fsp3) is 0.955. The molecule has 0 unspecified atom stereocenters. The number of nitrogens with one attached hydrogen (secondary N) is 1. The Morgan fingerprint density at radius 1 is 0.741 bits per heavy atom. The second-order valence-corrected chi connectivity index (χ2v) is 7.78. The van der Waals surface area contributed by atoms with Crippen molar-refractivity contribution < 1.29 is 4.79 Å². The van der Waals surface area contributed by atoms with Crippen LogP contribution in [0, 0.1) is 0 Å². The van der Waals surface area contributed by atoms with E-state index in [0.29, 0.717) is 6.54 Å². The second-order valence-electron chi connectivity index (χ2n) is 7.78. The van der Waals surface area contributed by atoms with Crippen LogP contribution in [0.1, 0.15) is 116 Å². The zero-order valence-corrected chi connectivity index (χ0v) is 23.8. The van der Waals surface area contributed by atoms with E-state index in [9.17, 15) is 4.79 Å². The van der Waals surface area contributed by atoms with Gasteiger partial charge in [-0.1, -0.05) is 96.8 Å². The van der Waals surface area contributed by atoms with Crippen LogP contribution < -0.4 is 16.8 Å². The van der Waals surface area contributed by atoms with E-state index in [4.69, 9.17) is 11.5 Å². The predicted molar refractivity (Wildman–Crippen MR) is 123 cm³/mol. The molecule has 0 bridgehead atoms. The molecule has 1 atom stereocenters. The molecule has 0 aromatic heterocycles. The van der Waals surface area contributed by atoms with E-state index in [1.807, 2.05) is 0 Å². The average molecular weight is 579 g/mol. The van der Waals surface area contributed by atoms with Crippen molar-refractivity contribution in [3.63, 3.8) is 0 Å². The minimum absolute atomic E-state index is 0. The molecule has 0 rings (SSSR count). The Balaban J connectivity index is 0. The van der Waals surface area contributed by atoms with Crippen molar-refractivity contribution in [1.82, 2.24) is 5.32 Å². The maximum absolute atomic E-state index is 11.8. The summed E-state index contributed by atoms with van der Waals surface area (Å²) >= 11 is 0. The molecule has 2 radical (unpaired) electrons. The molecule has 0 saturated heterocycles. The first-order valence-corrected chi connectivity index (χ1v) is 11.5. The molecule has 0 aliphatic heterocycles. The summed E-state index contributed by atoms with van der Waals surface area (Å²) < 4.78 is 0. The molecule has 5 heteroatoms. The molecule has 0 heterocycles. The van der Waals surface area contributed by atoms with Gasteiger partial charge in [-0.3, -0.25) is 4.79 Å². The molecule has 0 aromatic rings. The van der Waals surface area contributed by atoms with Crippen LogP contribution in [0.2, 0.25) is 0 Å². The first kappa shape index (κ1) is 29.5. The van der Waals surface area contributed by atoms with Gasteiger partial charge in [0.05, 0.1) is 6.04 Å². The molecule has 27 heavy (non-hydrogen) atoms. The standard InChI is InChI=1S/C22H47N3O.Pb.2H/c1-2-3-4-5-6-7-8-9-10-11-12-13-14-17-20-25-22(26)21(24)18-15-16-19-23;;;/h21H,2-20,23-24H2,1H3,(H,25,26);;;/t21-;;;/m0.../s1. The van der Waals surface area contributed by atoms with Crippen molar-refractivity contribution in [2.45, 2.75) is 122 Å². The summed E-state index contributed by atoms with van der Waals surface area (Å²) in [6, 6.07) is -0.367. The zero-order chi connectivity index (χ0) is 19.3. The predicted octanol–water partition coefficient (Wildman–Crippen LogP) is 4.12. The maximum atomic E-state index is 11.8. The van der Waals surface area contributed by atoms with Gasteiger partial charge in [0.15, 0.2) is 0 Å². The summed E-state index contributed by atoms with van der Waals surface area (Å²) in [6.07, 6.45) is 21.6. The Morgan fingerprint density at radius 2 is 1.19 bits per heavy atom. The number of unbranched alkanes of at least 4 members (excludes halogenated alkanes) is 14. The monoisotopic (exact) mass is 579 g/mol. The van der Waals surface area contributed by atoms with Gasteiger partial charge in [-0.15, -0.1) is 0 Å². The van der Waals surface area contributed by atoms with Gasteiger partial charge in [-0.05, 0) is 25.8 Å². The molecule has 0 aliphatic rings. The van der Waals surface area contributed by atoms with Crippen molar-refractivity contribution in [2.24, 2.45) is 11.5 Å². The van der Waals surface area contributed by atoms with E-state index < -0.39 is 0 Å². The third-order valence-electron chi connectivity index (χ3n) is 5.14. The molecule has 0 saturated carbocycles. The molecule has 0 fully saturated rings. The van der Waals surface area contributed by atoms with Crippen LogP contribution in [0.4, 0.5) is 0 Å². The molecular weight excluding hydrogens is 529 g/mol. The first-order valence-electron chi connectivity index (χ1n) is 11.5. The van der Waals surface area contributed by atoms with E-state index >= 15 is 0 Å². The molecule has 0 spiro atoms. The quantitative estimate of drug-likeness (QED) is 0.150. The number of rotatable bonds is 20. The van der Waals surface area contributed by atoms with Crippen molar-refractivity contribution in [3.05, 3.63) is 0 Å². The van der Waals surface area contributed by atoms with Gasteiger partial charge < -0.3 is 16.8 Å². The number of hydrogen-bond donors (Lipinski definition) is 3. The molecule has 5 N–H and O–H groups in total. The summed E-state index contributed by atoms with van der Waals surface area (Å²) in [5, 5.41) is 2.96. The normalized spacial score (nSPS) is 11.8. The number of nitrogens with two attached hydrogens (primary N) is 2. The second kappa shape index (κ2) is 24.4. The van der Waals surface area contributed by atoms with Crippen LogP contribution in [0.25, 0.3) is 0 Å². The van der Waals surface area contributed by atoms with Gasteiger partial charge in [-0.25, -0.2) is 0 Å². The molecule has 0 aliphatic carbocycles. The van der Waals surface area contributed by atoms with E-state index in [0.717, 1.165) is 32.2 Å². The van der Waals surface area contributed by atoms with Crippen LogP contribution in [0.15, 0.2) is 0 Å². The average Bonchev–Trinajstić information content (AvgIpc) is 2.64. The van der Waals surface area contributed by atoms with Gasteiger partial charge >= 0.3 is 27.3 Å². The summed E-state index contributed by atoms with van der Waals surface area (Å²) in [5.74, 6) is -0.00304. The molecule has 4 nitrogen and oxygen atoms in total. The number of carbonyl (C=O) groups excluding carboxylic acids is 1. The topological polar surface area (TPSA) is 81.1 Å². The summed E-state index contributed by atoms with van der Waals surface area (Å²) in [5.41, 5.74) is 11.3. The van der Waals surface area contributed by atoms with Crippen LogP contribution in [-0.2, 0) is 4.79 Å². The van der Waals surface area contributed by atoms with E-state index in [1.165, 1.54) is 83.5 Å². The van der Waals surface area contributed by atoms with Crippen molar-refractivity contribution >= 4 is 33.2 Å². The Morgan fingerprint density at radius 3 is 1.63 bits per heavy atom. The fourth-order valence-electron chi connectivity index (χ4n) is 3.30.